The lowest BCUT2D eigenvalue weighted by molar-refractivity contribution is -0.116. The van der Waals surface area contributed by atoms with E-state index in [1.54, 1.807) is 18.2 Å². The zero-order valence-corrected chi connectivity index (χ0v) is 10.6. The number of nitrogens with two attached hydrogens (primary N) is 1. The van der Waals surface area contributed by atoms with Gasteiger partial charge in [0.25, 0.3) is 11.5 Å². The second-order valence-corrected chi connectivity index (χ2v) is 4.26. The van der Waals surface area contributed by atoms with Crippen LogP contribution in [0, 0.1) is 0 Å². The van der Waals surface area contributed by atoms with Crippen LogP contribution in [0.3, 0.4) is 0 Å². The maximum absolute atomic E-state index is 11.8. The first-order valence-electron chi connectivity index (χ1n) is 5.88. The van der Waals surface area contributed by atoms with Crippen LogP contribution in [0.1, 0.15) is 5.69 Å². The maximum atomic E-state index is 11.8. The van der Waals surface area contributed by atoms with Gasteiger partial charge in [0.1, 0.15) is 5.70 Å². The minimum absolute atomic E-state index is 0.288. The van der Waals surface area contributed by atoms with Crippen molar-refractivity contribution in [1.82, 2.24) is 15.5 Å². The molecule has 102 valence electrons. The lowest BCUT2D eigenvalue weighted by Gasteiger charge is -2.20. The first-order chi connectivity index (χ1) is 9.65. The first-order valence-corrected chi connectivity index (χ1v) is 5.88. The molecule has 0 fully saturated rings. The minimum Gasteiger partial charge on any atom is -0.354 e. The van der Waals surface area contributed by atoms with Crippen LogP contribution in [-0.2, 0) is 4.79 Å². The molecule has 0 atom stereocenters. The molecule has 0 unspecified atom stereocenters. The maximum Gasteiger partial charge on any atom is 0.272 e. The predicted molar refractivity (Wildman–Crippen MR) is 75.8 cm³/mol. The number of carbonyl (C=O) groups is 1. The second-order valence-electron chi connectivity index (χ2n) is 4.26. The SMILES string of the molecule is CNC(=O)C1=Cc2n[nH]c(=O)c3ccc(NN)c(c23)N1. The van der Waals surface area contributed by atoms with E-state index in [2.05, 4.69) is 26.3 Å². The first kappa shape index (κ1) is 12.2. The highest BCUT2D eigenvalue weighted by Crippen LogP contribution is 2.35. The van der Waals surface area contributed by atoms with Crippen molar-refractivity contribution in [2.24, 2.45) is 5.84 Å². The zero-order chi connectivity index (χ0) is 14.3. The second kappa shape index (κ2) is 4.35. The number of nitrogen functional groups attached to an aromatic ring is 1. The molecule has 2 heterocycles. The molecular formula is C12H12N6O2. The Labute approximate surface area is 113 Å². The molecule has 0 saturated carbocycles. The third-order valence-electron chi connectivity index (χ3n) is 3.15. The van der Waals surface area contributed by atoms with Crippen LogP contribution in [-0.4, -0.2) is 23.2 Å². The average Bonchev–Trinajstić information content (AvgIpc) is 2.49. The molecule has 0 spiro atoms. The van der Waals surface area contributed by atoms with E-state index >= 15 is 0 Å². The Morgan fingerprint density at radius 2 is 2.20 bits per heavy atom. The number of nitrogens with one attached hydrogen (secondary N) is 4. The average molecular weight is 272 g/mol. The molecule has 20 heavy (non-hydrogen) atoms. The van der Waals surface area contributed by atoms with Crippen molar-refractivity contribution < 1.29 is 4.79 Å². The van der Waals surface area contributed by atoms with Crippen molar-refractivity contribution in [3.63, 3.8) is 0 Å². The Hall–Kier alpha value is -2.87. The Morgan fingerprint density at radius 3 is 2.90 bits per heavy atom. The zero-order valence-electron chi connectivity index (χ0n) is 10.6. The smallest absolute Gasteiger partial charge is 0.272 e. The predicted octanol–water partition coefficient (Wildman–Crippen LogP) is -0.279. The Bertz CT molecular complexity index is 807. The summed E-state index contributed by atoms with van der Waals surface area (Å²) in [5.74, 6) is 5.18. The lowest BCUT2D eigenvalue weighted by Crippen LogP contribution is -2.27. The molecule has 0 aliphatic carbocycles. The van der Waals surface area contributed by atoms with Gasteiger partial charge in [-0.15, -0.1) is 0 Å². The quantitative estimate of drug-likeness (QED) is 0.378. The fraction of sp³-hybridized carbons (Fsp3) is 0.0833. The van der Waals surface area contributed by atoms with Gasteiger partial charge in [0, 0.05) is 12.4 Å². The van der Waals surface area contributed by atoms with E-state index in [1.807, 2.05) is 0 Å². The van der Waals surface area contributed by atoms with Crippen LogP contribution in [0.15, 0.2) is 22.6 Å². The van der Waals surface area contributed by atoms with Gasteiger partial charge in [0.15, 0.2) is 0 Å². The van der Waals surface area contributed by atoms with E-state index in [0.29, 0.717) is 33.5 Å². The number of benzene rings is 1. The van der Waals surface area contributed by atoms with Gasteiger partial charge in [0.2, 0.25) is 0 Å². The number of hydrazine groups is 1. The van der Waals surface area contributed by atoms with Crippen molar-refractivity contribution in [3.8, 4) is 0 Å². The molecule has 1 aromatic carbocycles. The number of hydrogen-bond donors (Lipinski definition) is 5. The molecule has 1 aliphatic heterocycles. The summed E-state index contributed by atoms with van der Waals surface area (Å²) < 4.78 is 0. The third kappa shape index (κ3) is 1.62. The van der Waals surface area contributed by atoms with E-state index in [1.165, 1.54) is 7.05 Å². The summed E-state index contributed by atoms with van der Waals surface area (Å²) in [6.07, 6.45) is 1.57. The number of aromatic amines is 1. The van der Waals surface area contributed by atoms with Crippen molar-refractivity contribution >= 4 is 34.1 Å². The van der Waals surface area contributed by atoms with E-state index in [4.69, 9.17) is 5.84 Å². The summed E-state index contributed by atoms with van der Waals surface area (Å²) in [4.78, 5) is 23.6. The number of rotatable bonds is 2. The molecule has 6 N–H and O–H groups in total. The van der Waals surface area contributed by atoms with Crippen molar-refractivity contribution in [2.45, 2.75) is 0 Å². The topological polar surface area (TPSA) is 125 Å². The number of likely N-dealkylation sites (N-methyl/N-ethyl adjacent to an activating group) is 1. The highest BCUT2D eigenvalue weighted by molar-refractivity contribution is 6.12. The largest absolute Gasteiger partial charge is 0.354 e. The van der Waals surface area contributed by atoms with Crippen LogP contribution in [0.2, 0.25) is 0 Å². The van der Waals surface area contributed by atoms with Crippen LogP contribution >= 0.6 is 0 Å². The van der Waals surface area contributed by atoms with Gasteiger partial charge in [-0.1, -0.05) is 0 Å². The number of anilines is 2. The molecule has 1 aromatic heterocycles. The number of H-pyrrole nitrogens is 1. The van der Waals surface area contributed by atoms with Crippen molar-refractivity contribution in [1.29, 1.82) is 0 Å². The van der Waals surface area contributed by atoms with Gasteiger partial charge >= 0.3 is 0 Å². The number of carbonyl (C=O) groups excluding carboxylic acids is 1. The molecule has 1 aliphatic rings. The molecule has 3 rings (SSSR count). The normalized spacial score (nSPS) is 12.6. The van der Waals surface area contributed by atoms with Crippen LogP contribution in [0.4, 0.5) is 11.4 Å². The molecule has 1 amide bonds. The molecule has 0 bridgehead atoms. The number of nitrogens with zero attached hydrogens (tertiary/aromatic N) is 1. The van der Waals surface area contributed by atoms with Crippen LogP contribution in [0.5, 0.6) is 0 Å². The molecule has 8 nitrogen and oxygen atoms in total. The minimum atomic E-state index is -0.299. The fourth-order valence-corrected chi connectivity index (χ4v) is 2.20. The Morgan fingerprint density at radius 1 is 1.40 bits per heavy atom. The third-order valence-corrected chi connectivity index (χ3v) is 3.15. The standard InChI is InChI=1S/C12H12N6O2/c1-14-12(20)8-4-7-9-5(11(19)18-17-7)2-3-6(16-13)10(9)15-8/h2-4,15-16H,13H2,1H3,(H,14,20)(H,18,19). The molecular weight excluding hydrogens is 260 g/mol. The Kier molecular flexibility index (Phi) is 2.65. The van der Waals surface area contributed by atoms with Crippen LogP contribution in [0.25, 0.3) is 16.8 Å². The van der Waals surface area contributed by atoms with E-state index < -0.39 is 0 Å². The van der Waals surface area contributed by atoms with E-state index in [9.17, 15) is 9.59 Å². The Balaban J connectivity index is 2.36. The van der Waals surface area contributed by atoms with Gasteiger partial charge in [-0.3, -0.25) is 15.4 Å². The van der Waals surface area contributed by atoms with Gasteiger partial charge in [-0.2, -0.15) is 5.10 Å². The summed E-state index contributed by atoms with van der Waals surface area (Å²) in [7, 11) is 1.53. The number of hydrogen-bond acceptors (Lipinski definition) is 6. The highest BCUT2D eigenvalue weighted by atomic mass is 16.2. The summed E-state index contributed by atoms with van der Waals surface area (Å²) in [6, 6.07) is 3.31. The van der Waals surface area contributed by atoms with Crippen LogP contribution < -0.4 is 27.5 Å². The monoisotopic (exact) mass is 272 g/mol. The summed E-state index contributed by atoms with van der Waals surface area (Å²) in [6.45, 7) is 0. The van der Waals surface area contributed by atoms with Crippen molar-refractivity contribution in [3.05, 3.63) is 33.9 Å². The highest BCUT2D eigenvalue weighted by Gasteiger charge is 2.21. The molecule has 0 radical (unpaired) electrons. The van der Waals surface area contributed by atoms with Gasteiger partial charge in [-0.25, -0.2) is 5.10 Å². The summed E-state index contributed by atoms with van der Waals surface area (Å²) >= 11 is 0. The van der Waals surface area contributed by atoms with Gasteiger partial charge in [0.05, 0.1) is 22.5 Å². The van der Waals surface area contributed by atoms with E-state index in [-0.39, 0.29) is 11.5 Å². The van der Waals surface area contributed by atoms with Gasteiger partial charge < -0.3 is 16.1 Å². The number of amides is 1. The molecule has 2 aromatic rings. The molecule has 0 saturated heterocycles. The van der Waals surface area contributed by atoms with Gasteiger partial charge in [-0.05, 0) is 18.2 Å². The summed E-state index contributed by atoms with van der Waals surface area (Å²) in [5.41, 5.74) is 4.19. The fourth-order valence-electron chi connectivity index (χ4n) is 2.20. The number of aromatic nitrogens is 2. The lowest BCUT2D eigenvalue weighted by atomic mass is 10.0. The summed E-state index contributed by atoms with van der Waals surface area (Å²) in [5, 5.41) is 13.0. The van der Waals surface area contributed by atoms with E-state index in [0.717, 1.165) is 0 Å². The van der Waals surface area contributed by atoms with Crippen molar-refractivity contribution in [2.75, 3.05) is 17.8 Å². The molecule has 8 heteroatoms.